The first-order valence-corrected chi connectivity index (χ1v) is 2.51. The molecule has 0 N–H and O–H groups in total. The maximum absolute atomic E-state index is 3.59. The highest BCUT2D eigenvalue weighted by Crippen LogP contribution is 1.91. The molecule has 0 saturated heterocycles. The minimum Gasteiger partial charge on any atom is -0.103 e. The van der Waals surface area contributed by atoms with Crippen LogP contribution in [0.1, 0.15) is 20.3 Å². The lowest BCUT2D eigenvalue weighted by Crippen LogP contribution is -1.60. The third-order valence-corrected chi connectivity index (χ3v) is 0.693. The number of hydrogen-bond donors (Lipinski definition) is 0. The van der Waals surface area contributed by atoms with Crippen LogP contribution in [0.5, 0.6) is 0 Å². The molecule has 0 amide bonds. The standard InChI is InChI=1S/C7H12/c1-4-5-6-7(2)3/h4,6H,1,5H2,2-3H3. The van der Waals surface area contributed by atoms with Crippen molar-refractivity contribution in [1.29, 1.82) is 0 Å². The Morgan fingerprint density at radius 2 is 2.14 bits per heavy atom. The van der Waals surface area contributed by atoms with Gasteiger partial charge in [-0.05, 0) is 20.3 Å². The first-order chi connectivity index (χ1) is 3.27. The average molecular weight is 96.2 g/mol. The summed E-state index contributed by atoms with van der Waals surface area (Å²) in [6.07, 6.45) is 5.04. The fourth-order valence-corrected chi connectivity index (χ4v) is 0.319. The molecule has 0 aliphatic heterocycles. The van der Waals surface area contributed by atoms with Crippen LogP contribution in [0.4, 0.5) is 0 Å². The summed E-state index contributed by atoms with van der Waals surface area (Å²) in [5.41, 5.74) is 1.36. The molecule has 40 valence electrons. The molecule has 0 saturated carbocycles. The average Bonchev–Trinajstić information content (AvgIpc) is 1.61. The summed E-state index contributed by atoms with van der Waals surface area (Å²) in [4.78, 5) is 0. The van der Waals surface area contributed by atoms with Gasteiger partial charge in [0.15, 0.2) is 0 Å². The van der Waals surface area contributed by atoms with Gasteiger partial charge < -0.3 is 0 Å². The molecule has 0 aromatic rings. The maximum Gasteiger partial charge on any atom is -0.0169 e. The van der Waals surface area contributed by atoms with E-state index in [1.807, 2.05) is 6.08 Å². The molecule has 0 fully saturated rings. The zero-order valence-corrected chi connectivity index (χ0v) is 5.07. The van der Waals surface area contributed by atoms with E-state index in [0.717, 1.165) is 6.42 Å². The smallest absolute Gasteiger partial charge is 0.0169 e. The fourth-order valence-electron chi connectivity index (χ4n) is 0.319. The van der Waals surface area contributed by atoms with Crippen molar-refractivity contribution in [3.63, 3.8) is 0 Å². The molecule has 0 heteroatoms. The monoisotopic (exact) mass is 96.1 g/mol. The van der Waals surface area contributed by atoms with Crippen LogP contribution in [0, 0.1) is 0 Å². The Hall–Kier alpha value is -0.520. The first-order valence-electron chi connectivity index (χ1n) is 2.51. The summed E-state index contributed by atoms with van der Waals surface area (Å²) in [5, 5.41) is 0. The summed E-state index contributed by atoms with van der Waals surface area (Å²) in [5.74, 6) is 0. The van der Waals surface area contributed by atoms with Crippen LogP contribution in [0.2, 0.25) is 0 Å². The summed E-state index contributed by atoms with van der Waals surface area (Å²) < 4.78 is 0. The predicted molar refractivity (Wildman–Crippen MR) is 34.2 cm³/mol. The quantitative estimate of drug-likeness (QED) is 0.463. The van der Waals surface area contributed by atoms with E-state index in [1.165, 1.54) is 5.57 Å². The number of hydrogen-bond acceptors (Lipinski definition) is 0. The van der Waals surface area contributed by atoms with Gasteiger partial charge in [-0.1, -0.05) is 17.7 Å². The minimum atomic E-state index is 1.00. The second-order valence-corrected chi connectivity index (χ2v) is 1.81. The lowest BCUT2D eigenvalue weighted by Gasteiger charge is -1.81. The van der Waals surface area contributed by atoms with Gasteiger partial charge >= 0.3 is 0 Å². The topological polar surface area (TPSA) is 0 Å². The number of rotatable bonds is 2. The predicted octanol–water partition coefficient (Wildman–Crippen LogP) is 2.53. The molecule has 0 atom stereocenters. The van der Waals surface area contributed by atoms with E-state index in [0.29, 0.717) is 0 Å². The molecule has 0 rings (SSSR count). The van der Waals surface area contributed by atoms with Gasteiger partial charge in [0, 0.05) is 0 Å². The van der Waals surface area contributed by atoms with E-state index in [-0.39, 0.29) is 0 Å². The van der Waals surface area contributed by atoms with Crippen LogP contribution < -0.4 is 0 Å². The van der Waals surface area contributed by atoms with Crippen LogP contribution in [0.3, 0.4) is 0 Å². The molecule has 0 bridgehead atoms. The van der Waals surface area contributed by atoms with Crippen LogP contribution in [0.25, 0.3) is 0 Å². The lowest BCUT2D eigenvalue weighted by atomic mass is 10.3. The molecule has 0 aromatic heterocycles. The van der Waals surface area contributed by atoms with Crippen molar-refractivity contribution < 1.29 is 0 Å². The second kappa shape index (κ2) is 3.66. The highest BCUT2D eigenvalue weighted by atomic mass is 13.8. The van der Waals surface area contributed by atoms with Gasteiger partial charge in [0.2, 0.25) is 0 Å². The molecule has 0 aliphatic rings. The van der Waals surface area contributed by atoms with Gasteiger partial charge in [0.1, 0.15) is 0 Å². The highest BCUT2D eigenvalue weighted by molar-refractivity contribution is 4.96. The summed E-state index contributed by atoms with van der Waals surface area (Å²) in [6, 6.07) is 0. The molecule has 7 heavy (non-hydrogen) atoms. The summed E-state index contributed by atoms with van der Waals surface area (Å²) >= 11 is 0. The Kier molecular flexibility index (Phi) is 3.39. The fraction of sp³-hybridized carbons (Fsp3) is 0.429. The van der Waals surface area contributed by atoms with E-state index < -0.39 is 0 Å². The molecule has 0 aliphatic carbocycles. The Labute approximate surface area is 45.5 Å². The second-order valence-electron chi connectivity index (χ2n) is 1.81. The van der Waals surface area contributed by atoms with Gasteiger partial charge in [-0.15, -0.1) is 6.58 Å². The molecule has 0 aromatic carbocycles. The van der Waals surface area contributed by atoms with E-state index in [2.05, 4.69) is 26.5 Å². The molecule has 0 radical (unpaired) electrons. The summed E-state index contributed by atoms with van der Waals surface area (Å²) in [7, 11) is 0. The molecular weight excluding hydrogens is 84.1 g/mol. The van der Waals surface area contributed by atoms with Gasteiger partial charge in [0.25, 0.3) is 0 Å². The third-order valence-electron chi connectivity index (χ3n) is 0.693. The van der Waals surface area contributed by atoms with Gasteiger partial charge in [0.05, 0.1) is 0 Å². The van der Waals surface area contributed by atoms with E-state index in [1.54, 1.807) is 0 Å². The van der Waals surface area contributed by atoms with Crippen molar-refractivity contribution in [2.45, 2.75) is 20.3 Å². The van der Waals surface area contributed by atoms with Crippen molar-refractivity contribution in [2.75, 3.05) is 0 Å². The summed E-state index contributed by atoms with van der Waals surface area (Å²) in [6.45, 7) is 7.76. The first kappa shape index (κ1) is 6.48. The molecule has 0 nitrogen and oxygen atoms in total. The third kappa shape index (κ3) is 5.48. The van der Waals surface area contributed by atoms with Crippen LogP contribution in [0.15, 0.2) is 24.3 Å². The van der Waals surface area contributed by atoms with E-state index in [4.69, 9.17) is 0 Å². The van der Waals surface area contributed by atoms with Crippen LogP contribution in [-0.4, -0.2) is 0 Å². The van der Waals surface area contributed by atoms with Gasteiger partial charge in [-0.3, -0.25) is 0 Å². The number of allylic oxidation sites excluding steroid dienone is 3. The Bertz CT molecular complexity index is 74.0. The Morgan fingerprint density at radius 1 is 1.57 bits per heavy atom. The highest BCUT2D eigenvalue weighted by Gasteiger charge is 1.69. The van der Waals surface area contributed by atoms with Crippen molar-refractivity contribution >= 4 is 0 Å². The lowest BCUT2D eigenvalue weighted by molar-refractivity contribution is 1.28. The van der Waals surface area contributed by atoms with E-state index >= 15 is 0 Å². The molecule has 0 unspecified atom stereocenters. The van der Waals surface area contributed by atoms with Crippen LogP contribution >= 0.6 is 0 Å². The largest absolute Gasteiger partial charge is 0.103 e. The Balaban J connectivity index is 3.25. The molecule has 0 spiro atoms. The van der Waals surface area contributed by atoms with Crippen LogP contribution in [-0.2, 0) is 0 Å². The van der Waals surface area contributed by atoms with Gasteiger partial charge in [-0.2, -0.15) is 0 Å². The van der Waals surface area contributed by atoms with Crippen molar-refractivity contribution in [3.05, 3.63) is 24.3 Å². The molecular formula is C7H12. The van der Waals surface area contributed by atoms with Crippen molar-refractivity contribution in [2.24, 2.45) is 0 Å². The van der Waals surface area contributed by atoms with E-state index in [9.17, 15) is 0 Å². The minimum absolute atomic E-state index is 1.00. The zero-order chi connectivity index (χ0) is 5.70. The normalized spacial score (nSPS) is 7.71. The van der Waals surface area contributed by atoms with Gasteiger partial charge in [-0.25, -0.2) is 0 Å². The Morgan fingerprint density at radius 3 is 2.29 bits per heavy atom. The molecule has 0 heterocycles. The zero-order valence-electron chi connectivity index (χ0n) is 5.07. The maximum atomic E-state index is 3.59. The SMILES string of the molecule is C=CCC=C(C)C. The van der Waals surface area contributed by atoms with Crippen molar-refractivity contribution in [3.8, 4) is 0 Å². The van der Waals surface area contributed by atoms with Crippen molar-refractivity contribution in [1.82, 2.24) is 0 Å².